The molecule has 7 nitrogen and oxygen atoms in total. The van der Waals surface area contributed by atoms with Crippen molar-refractivity contribution in [3.05, 3.63) is 77.1 Å². The van der Waals surface area contributed by atoms with E-state index < -0.39 is 51.3 Å². The van der Waals surface area contributed by atoms with Crippen LogP contribution in [0.5, 0.6) is 6.01 Å². The molecule has 4 rings (SSSR count). The Bertz CT molecular complexity index is 1440. The van der Waals surface area contributed by atoms with Crippen molar-refractivity contribution in [3.8, 4) is 6.01 Å². The minimum Gasteiger partial charge on any atom is -0.454 e. The summed E-state index contributed by atoms with van der Waals surface area (Å²) >= 11 is 0. The number of alkyl halides is 6. The Kier molecular flexibility index (Phi) is 8.63. The van der Waals surface area contributed by atoms with Crippen LogP contribution in [0.1, 0.15) is 35.6 Å². The molecule has 2 heterocycles. The number of aromatic nitrogens is 3. The molecule has 0 atom stereocenters. The summed E-state index contributed by atoms with van der Waals surface area (Å²) in [4.78, 5) is 11.6. The first kappa shape index (κ1) is 29.6. The Morgan fingerprint density at radius 1 is 0.900 bits per heavy atom. The Balaban J connectivity index is 1.50. The summed E-state index contributed by atoms with van der Waals surface area (Å²) in [7, 11) is -4.06. The van der Waals surface area contributed by atoms with Crippen LogP contribution in [0, 0.1) is 11.7 Å². The number of hydrogen-bond acceptors (Lipinski definition) is 6. The molecule has 1 aromatic heterocycles. The van der Waals surface area contributed by atoms with E-state index in [4.69, 9.17) is 0 Å². The van der Waals surface area contributed by atoms with Gasteiger partial charge in [-0.15, -0.1) is 0 Å². The Labute approximate surface area is 225 Å². The number of sulfonamides is 1. The van der Waals surface area contributed by atoms with E-state index in [0.29, 0.717) is 12.8 Å². The van der Waals surface area contributed by atoms with Gasteiger partial charge in [0.25, 0.3) is 0 Å². The molecule has 1 aliphatic rings. The summed E-state index contributed by atoms with van der Waals surface area (Å²) in [6.45, 7) is -1.53. The first-order chi connectivity index (χ1) is 18.7. The smallest absolute Gasteiger partial charge is 0.422 e. The van der Waals surface area contributed by atoms with E-state index in [0.717, 1.165) is 22.5 Å². The minimum atomic E-state index is -4.68. The lowest BCUT2D eigenvalue weighted by Crippen LogP contribution is -2.39. The van der Waals surface area contributed by atoms with E-state index in [9.17, 15) is 39.2 Å². The third kappa shape index (κ3) is 7.65. The zero-order valence-corrected chi connectivity index (χ0v) is 21.5. The number of piperidine rings is 1. The molecule has 40 heavy (non-hydrogen) atoms. The van der Waals surface area contributed by atoms with Crippen LogP contribution in [0.25, 0.3) is 0 Å². The van der Waals surface area contributed by atoms with Crippen LogP contribution in [0.2, 0.25) is 0 Å². The normalized spacial score (nSPS) is 15.8. The molecule has 1 aliphatic heterocycles. The zero-order chi connectivity index (χ0) is 29.1. The quantitative estimate of drug-likeness (QED) is 0.334. The molecule has 0 saturated carbocycles. The molecule has 15 heteroatoms. The van der Waals surface area contributed by atoms with Crippen molar-refractivity contribution in [1.29, 1.82) is 0 Å². The fraction of sp³-hybridized carbons (Fsp3) is 0.400. The predicted octanol–water partition coefficient (Wildman–Crippen LogP) is 5.20. The van der Waals surface area contributed by atoms with Crippen LogP contribution < -0.4 is 4.74 Å². The summed E-state index contributed by atoms with van der Waals surface area (Å²) in [5, 5.41) is 0. The molecular formula is C25H23F7N4O3S. The fourth-order valence-electron chi connectivity index (χ4n) is 4.27. The molecular weight excluding hydrogens is 569 g/mol. The van der Waals surface area contributed by atoms with E-state index in [1.807, 2.05) is 0 Å². The van der Waals surface area contributed by atoms with Crippen molar-refractivity contribution < 1.29 is 43.9 Å². The molecule has 1 fully saturated rings. The van der Waals surface area contributed by atoms with Crippen molar-refractivity contribution >= 4 is 10.0 Å². The third-order valence-corrected chi connectivity index (χ3v) is 8.12. The monoisotopic (exact) mass is 592 g/mol. The summed E-state index contributed by atoms with van der Waals surface area (Å²) in [6, 6.07) is 8.78. The molecule has 0 N–H and O–H groups in total. The molecule has 0 amide bonds. The van der Waals surface area contributed by atoms with E-state index in [2.05, 4.69) is 19.7 Å². The average Bonchev–Trinajstić information content (AvgIpc) is 2.87. The van der Waals surface area contributed by atoms with Crippen molar-refractivity contribution in [2.24, 2.45) is 5.92 Å². The highest BCUT2D eigenvalue weighted by Crippen LogP contribution is 2.30. The zero-order valence-electron chi connectivity index (χ0n) is 20.7. The predicted molar refractivity (Wildman–Crippen MR) is 127 cm³/mol. The summed E-state index contributed by atoms with van der Waals surface area (Å²) in [6.07, 6.45) is -8.68. The Morgan fingerprint density at radius 2 is 1.57 bits per heavy atom. The second kappa shape index (κ2) is 11.6. The van der Waals surface area contributed by atoms with Gasteiger partial charge in [-0.1, -0.05) is 30.3 Å². The molecule has 0 aliphatic carbocycles. The summed E-state index contributed by atoms with van der Waals surface area (Å²) in [5.74, 6) is -1.06. The molecule has 1 saturated heterocycles. The molecule has 0 spiro atoms. The molecule has 2 aromatic carbocycles. The van der Waals surface area contributed by atoms with Crippen LogP contribution in [0.3, 0.4) is 0 Å². The van der Waals surface area contributed by atoms with Crippen LogP contribution in [0.4, 0.5) is 30.7 Å². The fourth-order valence-corrected chi connectivity index (χ4v) is 5.81. The number of halogens is 7. The van der Waals surface area contributed by atoms with Gasteiger partial charge in [0, 0.05) is 25.9 Å². The van der Waals surface area contributed by atoms with Crippen LogP contribution in [-0.4, -0.2) is 53.5 Å². The highest BCUT2D eigenvalue weighted by molar-refractivity contribution is 7.89. The Hall–Kier alpha value is -3.33. The Morgan fingerprint density at radius 3 is 2.23 bits per heavy atom. The van der Waals surface area contributed by atoms with Crippen molar-refractivity contribution in [3.63, 3.8) is 0 Å². The highest BCUT2D eigenvalue weighted by atomic mass is 32.2. The van der Waals surface area contributed by atoms with Crippen LogP contribution in [0.15, 0.2) is 53.4 Å². The number of benzene rings is 2. The lowest BCUT2D eigenvalue weighted by molar-refractivity contribution is -0.154. The molecule has 216 valence electrons. The van der Waals surface area contributed by atoms with E-state index >= 15 is 0 Å². The molecule has 0 radical (unpaired) electrons. The van der Waals surface area contributed by atoms with Gasteiger partial charge in [-0.05, 0) is 42.5 Å². The molecule has 3 aromatic rings. The number of nitrogens with zero attached hydrogens (tertiary/aromatic N) is 4. The van der Waals surface area contributed by atoms with E-state index in [1.165, 1.54) is 30.3 Å². The number of ether oxygens (including phenoxy) is 1. The van der Waals surface area contributed by atoms with Crippen molar-refractivity contribution in [2.75, 3.05) is 19.7 Å². The average molecular weight is 593 g/mol. The van der Waals surface area contributed by atoms with E-state index in [-0.39, 0.29) is 49.1 Å². The molecule has 0 unspecified atom stereocenters. The van der Waals surface area contributed by atoms with Crippen molar-refractivity contribution in [2.45, 2.75) is 42.9 Å². The first-order valence-corrected chi connectivity index (χ1v) is 13.5. The topological polar surface area (TPSA) is 85.3 Å². The minimum absolute atomic E-state index is 0.0598. The van der Waals surface area contributed by atoms with Gasteiger partial charge in [0.05, 0.1) is 5.56 Å². The first-order valence-electron chi connectivity index (χ1n) is 12.0. The summed E-state index contributed by atoms with van der Waals surface area (Å²) in [5.41, 5.74) is -0.717. The number of rotatable bonds is 8. The second-order valence-corrected chi connectivity index (χ2v) is 11.1. The highest BCUT2D eigenvalue weighted by Gasteiger charge is 2.33. The lowest BCUT2D eigenvalue weighted by atomic mass is 9.94. The lowest BCUT2D eigenvalue weighted by Gasteiger charge is -2.31. The maximum Gasteiger partial charge on any atom is 0.422 e. The maximum atomic E-state index is 14.1. The van der Waals surface area contributed by atoms with Gasteiger partial charge >= 0.3 is 18.4 Å². The standard InChI is InChI=1S/C25H23F7N4O3S/c26-19-6-1-2-7-20(19)40(37,38)36-10-8-16(9-11-36)13-21-33-22(35-23(34-21)39-15-24(27,28)29)14-17-4-3-5-18(12-17)25(30,31)32/h1-7,12,16H,8-11,13-15H2. The molecule has 0 bridgehead atoms. The van der Waals surface area contributed by atoms with Gasteiger partial charge in [0.15, 0.2) is 6.61 Å². The third-order valence-electron chi connectivity index (χ3n) is 6.19. The van der Waals surface area contributed by atoms with Crippen LogP contribution >= 0.6 is 0 Å². The van der Waals surface area contributed by atoms with Gasteiger partial charge in [0.1, 0.15) is 22.4 Å². The second-order valence-electron chi connectivity index (χ2n) is 9.21. The van der Waals surface area contributed by atoms with Gasteiger partial charge in [-0.3, -0.25) is 0 Å². The summed E-state index contributed by atoms with van der Waals surface area (Å²) < 4.78 is 123. The van der Waals surface area contributed by atoms with Crippen LogP contribution in [-0.2, 0) is 29.0 Å². The van der Waals surface area contributed by atoms with Gasteiger partial charge in [-0.25, -0.2) is 17.8 Å². The van der Waals surface area contributed by atoms with Gasteiger partial charge < -0.3 is 4.74 Å². The number of hydrogen-bond donors (Lipinski definition) is 0. The van der Waals surface area contributed by atoms with Gasteiger partial charge in [0.2, 0.25) is 10.0 Å². The SMILES string of the molecule is O=S(=O)(c1ccccc1F)N1CCC(Cc2nc(Cc3cccc(C(F)(F)F)c3)nc(OCC(F)(F)F)n2)CC1. The van der Waals surface area contributed by atoms with E-state index in [1.54, 1.807) is 0 Å². The van der Waals surface area contributed by atoms with Gasteiger partial charge in [-0.2, -0.15) is 40.6 Å². The van der Waals surface area contributed by atoms with Crippen molar-refractivity contribution in [1.82, 2.24) is 19.3 Å². The maximum absolute atomic E-state index is 14.1. The largest absolute Gasteiger partial charge is 0.454 e.